The van der Waals surface area contributed by atoms with Crippen molar-refractivity contribution in [1.29, 1.82) is 0 Å². The fraction of sp³-hybridized carbons (Fsp3) is 0. The van der Waals surface area contributed by atoms with Crippen molar-refractivity contribution in [2.45, 2.75) is 0 Å². The van der Waals surface area contributed by atoms with Crippen molar-refractivity contribution in [2.24, 2.45) is 0 Å². The van der Waals surface area contributed by atoms with E-state index in [0.717, 1.165) is 33.4 Å². The molecule has 0 radical (unpaired) electrons. The summed E-state index contributed by atoms with van der Waals surface area (Å²) in [6.45, 7) is 0. The Morgan fingerprint density at radius 2 is 1.07 bits per heavy atom. The van der Waals surface area contributed by atoms with Crippen LogP contribution in [0.15, 0.2) is 91.0 Å². The molecule has 0 amide bonds. The molecular weight excluding hydrogens is 334 g/mol. The van der Waals surface area contributed by atoms with Gasteiger partial charge in [0.25, 0.3) is 0 Å². The minimum absolute atomic E-state index is 0.180. The summed E-state index contributed by atoms with van der Waals surface area (Å²) >= 11 is 0. The smallest absolute Gasteiger partial charge is 0.116 e. The molecule has 4 rings (SSSR count). The van der Waals surface area contributed by atoms with Crippen LogP contribution in [0.3, 0.4) is 0 Å². The van der Waals surface area contributed by atoms with Gasteiger partial charge in [-0.05, 0) is 58.1 Å². The molecule has 0 fully saturated rings. The van der Waals surface area contributed by atoms with E-state index < -0.39 is 0 Å². The lowest BCUT2D eigenvalue weighted by Gasteiger charge is -2.18. The van der Waals surface area contributed by atoms with Crippen LogP contribution in [0.5, 0.6) is 11.5 Å². The number of anilines is 1. The molecule has 4 aromatic rings. The number of phenols is 2. The minimum atomic E-state index is 0.180. The van der Waals surface area contributed by atoms with E-state index in [1.165, 1.54) is 0 Å². The molecule has 0 unspecified atom stereocenters. The van der Waals surface area contributed by atoms with Gasteiger partial charge in [0.2, 0.25) is 0 Å². The zero-order chi connectivity index (χ0) is 18.8. The van der Waals surface area contributed by atoms with E-state index in [4.69, 9.17) is 5.73 Å². The molecule has 0 aliphatic rings. The Morgan fingerprint density at radius 1 is 0.519 bits per heavy atom. The van der Waals surface area contributed by atoms with Crippen molar-refractivity contribution in [3.8, 4) is 44.9 Å². The second-order valence-corrected chi connectivity index (χ2v) is 6.42. The average Bonchev–Trinajstić information content (AvgIpc) is 2.68. The van der Waals surface area contributed by atoms with Crippen LogP contribution in [-0.4, -0.2) is 10.2 Å². The zero-order valence-electron chi connectivity index (χ0n) is 14.6. The summed E-state index contributed by atoms with van der Waals surface area (Å²) in [5, 5.41) is 20.0. The molecule has 0 aromatic heterocycles. The van der Waals surface area contributed by atoms with Crippen molar-refractivity contribution in [3.63, 3.8) is 0 Å². The molecule has 0 heterocycles. The molecule has 4 aromatic carbocycles. The Balaban J connectivity index is 2.09. The van der Waals surface area contributed by atoms with Crippen molar-refractivity contribution in [2.75, 3.05) is 5.73 Å². The van der Waals surface area contributed by atoms with Crippen molar-refractivity contribution in [1.82, 2.24) is 0 Å². The van der Waals surface area contributed by atoms with E-state index in [-0.39, 0.29) is 11.5 Å². The third-order valence-corrected chi connectivity index (χ3v) is 4.59. The number of benzene rings is 4. The molecule has 0 aliphatic carbocycles. The highest BCUT2D eigenvalue weighted by molar-refractivity contribution is 5.99. The highest BCUT2D eigenvalue weighted by Crippen LogP contribution is 2.44. The molecule has 0 spiro atoms. The lowest BCUT2D eigenvalue weighted by atomic mass is 9.86. The van der Waals surface area contributed by atoms with E-state index in [2.05, 4.69) is 0 Å². The van der Waals surface area contributed by atoms with Crippen LogP contribution in [0.4, 0.5) is 5.69 Å². The molecular formula is C24H19NO2. The van der Waals surface area contributed by atoms with Gasteiger partial charge in [-0.2, -0.15) is 0 Å². The molecule has 0 saturated carbocycles. The standard InChI is InChI=1S/C24H19NO2/c25-22-13-12-21(16-6-2-1-3-7-16)23(17-8-4-10-19(26)14-17)24(22)18-9-5-11-20(27)15-18/h1-15,26-27H,25H2. The number of nitrogens with two attached hydrogens (primary N) is 1. The van der Waals surface area contributed by atoms with Gasteiger partial charge in [0.1, 0.15) is 11.5 Å². The first kappa shape index (κ1) is 16.7. The molecule has 132 valence electrons. The maximum Gasteiger partial charge on any atom is 0.116 e. The lowest BCUT2D eigenvalue weighted by Crippen LogP contribution is -1.96. The van der Waals surface area contributed by atoms with Gasteiger partial charge in [0.15, 0.2) is 0 Å². The predicted molar refractivity (Wildman–Crippen MR) is 110 cm³/mol. The van der Waals surface area contributed by atoms with Crippen LogP contribution in [0.25, 0.3) is 33.4 Å². The van der Waals surface area contributed by atoms with E-state index in [1.54, 1.807) is 30.3 Å². The fourth-order valence-corrected chi connectivity index (χ4v) is 3.41. The summed E-state index contributed by atoms with van der Waals surface area (Å²) in [5.41, 5.74) is 12.5. The summed E-state index contributed by atoms with van der Waals surface area (Å²) in [4.78, 5) is 0. The van der Waals surface area contributed by atoms with E-state index in [1.807, 2.05) is 60.7 Å². The van der Waals surface area contributed by atoms with Gasteiger partial charge in [0.05, 0.1) is 0 Å². The van der Waals surface area contributed by atoms with Crippen LogP contribution < -0.4 is 5.73 Å². The largest absolute Gasteiger partial charge is 0.508 e. The van der Waals surface area contributed by atoms with E-state index >= 15 is 0 Å². The number of aromatic hydroxyl groups is 2. The quantitative estimate of drug-likeness (QED) is 0.415. The third-order valence-electron chi connectivity index (χ3n) is 4.59. The van der Waals surface area contributed by atoms with Crippen LogP contribution in [0, 0.1) is 0 Å². The average molecular weight is 353 g/mol. The lowest BCUT2D eigenvalue weighted by molar-refractivity contribution is 0.475. The number of hydrogen-bond acceptors (Lipinski definition) is 3. The second kappa shape index (κ2) is 6.89. The molecule has 0 saturated heterocycles. The Kier molecular flexibility index (Phi) is 4.27. The zero-order valence-corrected chi connectivity index (χ0v) is 14.6. The summed E-state index contributed by atoms with van der Waals surface area (Å²) in [5.74, 6) is 0.370. The van der Waals surface area contributed by atoms with Gasteiger partial charge in [-0.25, -0.2) is 0 Å². The van der Waals surface area contributed by atoms with Gasteiger partial charge < -0.3 is 15.9 Å². The monoisotopic (exact) mass is 353 g/mol. The fourth-order valence-electron chi connectivity index (χ4n) is 3.41. The van der Waals surface area contributed by atoms with Crippen LogP contribution in [0.2, 0.25) is 0 Å². The van der Waals surface area contributed by atoms with E-state index in [0.29, 0.717) is 5.69 Å². The first-order chi connectivity index (χ1) is 13.1. The Hall–Kier alpha value is -3.72. The van der Waals surface area contributed by atoms with Gasteiger partial charge in [-0.3, -0.25) is 0 Å². The molecule has 3 nitrogen and oxygen atoms in total. The topological polar surface area (TPSA) is 66.5 Å². The summed E-state index contributed by atoms with van der Waals surface area (Å²) in [6, 6.07) is 28.1. The van der Waals surface area contributed by atoms with Crippen LogP contribution in [0.1, 0.15) is 0 Å². The SMILES string of the molecule is Nc1ccc(-c2ccccc2)c(-c2cccc(O)c2)c1-c1cccc(O)c1. The molecule has 4 N–H and O–H groups in total. The molecule has 3 heteroatoms. The van der Waals surface area contributed by atoms with Crippen LogP contribution in [-0.2, 0) is 0 Å². The number of rotatable bonds is 3. The first-order valence-corrected chi connectivity index (χ1v) is 8.70. The first-order valence-electron chi connectivity index (χ1n) is 8.70. The Labute approximate surface area is 158 Å². The van der Waals surface area contributed by atoms with Crippen molar-refractivity contribution in [3.05, 3.63) is 91.0 Å². The van der Waals surface area contributed by atoms with Gasteiger partial charge >= 0.3 is 0 Å². The normalized spacial score (nSPS) is 10.7. The van der Waals surface area contributed by atoms with Gasteiger partial charge in [-0.15, -0.1) is 0 Å². The number of phenolic OH excluding ortho intramolecular Hbond substituents is 2. The predicted octanol–water partition coefficient (Wildman–Crippen LogP) is 5.68. The summed E-state index contributed by atoms with van der Waals surface area (Å²) in [7, 11) is 0. The molecule has 27 heavy (non-hydrogen) atoms. The van der Waals surface area contributed by atoms with E-state index in [9.17, 15) is 10.2 Å². The highest BCUT2D eigenvalue weighted by Gasteiger charge is 2.17. The Morgan fingerprint density at radius 3 is 1.67 bits per heavy atom. The van der Waals surface area contributed by atoms with Crippen molar-refractivity contribution < 1.29 is 10.2 Å². The molecule has 0 bridgehead atoms. The molecule has 0 aliphatic heterocycles. The minimum Gasteiger partial charge on any atom is -0.508 e. The maximum atomic E-state index is 10.0. The van der Waals surface area contributed by atoms with Gasteiger partial charge in [-0.1, -0.05) is 60.7 Å². The van der Waals surface area contributed by atoms with Crippen molar-refractivity contribution >= 4 is 5.69 Å². The van der Waals surface area contributed by atoms with Gasteiger partial charge in [0, 0.05) is 11.3 Å². The second-order valence-electron chi connectivity index (χ2n) is 6.42. The van der Waals surface area contributed by atoms with Crippen LogP contribution >= 0.6 is 0 Å². The maximum absolute atomic E-state index is 10.0. The highest BCUT2D eigenvalue weighted by atomic mass is 16.3. The summed E-state index contributed by atoms with van der Waals surface area (Å²) < 4.78 is 0. The summed E-state index contributed by atoms with van der Waals surface area (Å²) in [6.07, 6.45) is 0. The molecule has 0 atom stereocenters. The Bertz CT molecular complexity index is 1100. The third kappa shape index (κ3) is 3.23. The number of nitrogen functional groups attached to an aromatic ring is 1. The number of hydrogen-bond donors (Lipinski definition) is 3.